The third-order valence-electron chi connectivity index (χ3n) is 11.7. The molecule has 0 aliphatic heterocycles. The van der Waals surface area contributed by atoms with Gasteiger partial charge in [0.2, 0.25) is 0 Å². The van der Waals surface area contributed by atoms with Crippen molar-refractivity contribution < 1.29 is 0 Å². The molecule has 1 aromatic heterocycles. The lowest BCUT2D eigenvalue weighted by Gasteiger charge is -2.22. The number of rotatable bonds is 4. The average Bonchev–Trinajstić information content (AvgIpc) is 3.56. The number of fused-ring (bicyclic) bond motifs is 7. The van der Waals surface area contributed by atoms with E-state index in [9.17, 15) is 0 Å². The predicted octanol–water partition coefficient (Wildman–Crippen LogP) is 12.9. The maximum atomic E-state index is 5.31. The summed E-state index contributed by atoms with van der Waals surface area (Å²) in [6.45, 7) is 9.38. The first-order valence-electron chi connectivity index (χ1n) is 18.3. The molecule has 0 saturated heterocycles. The summed E-state index contributed by atoms with van der Waals surface area (Å²) in [5.74, 6) is 0.723. The number of hydrogen-bond donors (Lipinski definition) is 0. The van der Waals surface area contributed by atoms with Gasteiger partial charge in [-0.25, -0.2) is 9.97 Å². The van der Waals surface area contributed by atoms with Crippen LogP contribution in [0.3, 0.4) is 0 Å². The molecule has 52 heavy (non-hydrogen) atoms. The Labute approximate surface area is 305 Å². The van der Waals surface area contributed by atoms with Gasteiger partial charge in [0, 0.05) is 27.5 Å². The van der Waals surface area contributed by atoms with Crippen LogP contribution < -0.4 is 0 Å². The number of benzene rings is 7. The molecule has 2 aliphatic carbocycles. The Kier molecular flexibility index (Phi) is 6.60. The molecule has 8 aromatic rings. The zero-order valence-electron chi connectivity index (χ0n) is 29.9. The van der Waals surface area contributed by atoms with E-state index in [0.29, 0.717) is 0 Å². The van der Waals surface area contributed by atoms with Crippen molar-refractivity contribution in [2.75, 3.05) is 0 Å². The molecule has 2 nitrogen and oxygen atoms in total. The third kappa shape index (κ3) is 4.50. The summed E-state index contributed by atoms with van der Waals surface area (Å²) in [4.78, 5) is 10.6. The van der Waals surface area contributed by atoms with Gasteiger partial charge in [-0.05, 0) is 90.7 Å². The van der Waals surface area contributed by atoms with E-state index in [0.717, 1.165) is 33.9 Å². The largest absolute Gasteiger partial charge is 0.228 e. The molecule has 2 aliphatic rings. The van der Waals surface area contributed by atoms with Gasteiger partial charge in [-0.2, -0.15) is 0 Å². The van der Waals surface area contributed by atoms with Gasteiger partial charge in [-0.3, -0.25) is 0 Å². The van der Waals surface area contributed by atoms with Gasteiger partial charge in [-0.15, -0.1) is 0 Å². The fourth-order valence-corrected chi connectivity index (χ4v) is 8.97. The maximum Gasteiger partial charge on any atom is 0.160 e. The second-order valence-electron chi connectivity index (χ2n) is 15.4. The zero-order chi connectivity index (χ0) is 35.2. The summed E-state index contributed by atoms with van der Waals surface area (Å²) < 4.78 is 0. The van der Waals surface area contributed by atoms with E-state index >= 15 is 0 Å². The molecule has 0 unspecified atom stereocenters. The second kappa shape index (κ2) is 11.2. The zero-order valence-corrected chi connectivity index (χ0v) is 29.9. The molecular weight excluding hydrogens is 629 g/mol. The van der Waals surface area contributed by atoms with Gasteiger partial charge in [0.1, 0.15) is 0 Å². The van der Waals surface area contributed by atoms with Crippen LogP contribution in [0.15, 0.2) is 158 Å². The van der Waals surface area contributed by atoms with Crippen molar-refractivity contribution in [2.24, 2.45) is 0 Å². The van der Waals surface area contributed by atoms with Crippen molar-refractivity contribution in [1.82, 2.24) is 9.97 Å². The van der Waals surface area contributed by atoms with Gasteiger partial charge in [0.05, 0.1) is 11.4 Å². The Bertz CT molecular complexity index is 2730. The molecule has 0 bridgehead atoms. The Morgan fingerprint density at radius 3 is 1.75 bits per heavy atom. The lowest BCUT2D eigenvalue weighted by atomic mass is 9.81. The van der Waals surface area contributed by atoms with E-state index in [1.165, 1.54) is 66.4 Å². The molecule has 2 heteroatoms. The Morgan fingerprint density at radius 1 is 0.346 bits per heavy atom. The summed E-state index contributed by atoms with van der Waals surface area (Å²) in [6, 6.07) is 57.4. The van der Waals surface area contributed by atoms with Crippen molar-refractivity contribution in [3.63, 3.8) is 0 Å². The van der Waals surface area contributed by atoms with Crippen LogP contribution in [-0.2, 0) is 10.8 Å². The molecule has 248 valence electrons. The van der Waals surface area contributed by atoms with Crippen molar-refractivity contribution in [2.45, 2.75) is 38.5 Å². The highest BCUT2D eigenvalue weighted by Crippen LogP contribution is 2.54. The first-order valence-corrected chi connectivity index (χ1v) is 18.3. The van der Waals surface area contributed by atoms with Gasteiger partial charge in [0.15, 0.2) is 5.82 Å². The first-order chi connectivity index (χ1) is 25.3. The monoisotopic (exact) mass is 666 g/mol. The Hall–Kier alpha value is -6.12. The van der Waals surface area contributed by atoms with Crippen molar-refractivity contribution in [3.8, 4) is 67.3 Å². The summed E-state index contributed by atoms with van der Waals surface area (Å²) in [6.07, 6.45) is 0. The minimum atomic E-state index is -0.122. The molecule has 0 saturated carbocycles. The lowest BCUT2D eigenvalue weighted by Crippen LogP contribution is -2.14. The third-order valence-corrected chi connectivity index (χ3v) is 11.7. The molecule has 0 amide bonds. The topological polar surface area (TPSA) is 25.8 Å². The quantitative estimate of drug-likeness (QED) is 0.187. The predicted molar refractivity (Wildman–Crippen MR) is 216 cm³/mol. The van der Waals surface area contributed by atoms with Crippen LogP contribution in [0.5, 0.6) is 0 Å². The van der Waals surface area contributed by atoms with Gasteiger partial charge < -0.3 is 0 Å². The maximum absolute atomic E-state index is 5.31. The molecule has 7 aromatic carbocycles. The Balaban J connectivity index is 1.18. The number of aromatic nitrogens is 2. The van der Waals surface area contributed by atoms with E-state index in [1.54, 1.807) is 0 Å². The van der Waals surface area contributed by atoms with E-state index in [4.69, 9.17) is 9.97 Å². The first kappa shape index (κ1) is 30.7. The van der Waals surface area contributed by atoms with Crippen LogP contribution in [0, 0.1) is 0 Å². The highest BCUT2D eigenvalue weighted by atomic mass is 14.9. The van der Waals surface area contributed by atoms with Crippen LogP contribution in [0.25, 0.3) is 78.1 Å². The SMILES string of the molecule is CC1(C)c2ccccc2-c2cc(-c3cc(-c4ccccc4-c4cccc5c4-c4cc6ccccc6cc4C5(C)C)nc(-c4ccccc4)n3)ccc21. The normalized spacial score (nSPS) is 14.5. The smallest absolute Gasteiger partial charge is 0.160 e. The molecule has 0 radical (unpaired) electrons. The molecular formula is C50H38N2. The van der Waals surface area contributed by atoms with E-state index in [2.05, 4.69) is 179 Å². The molecule has 10 rings (SSSR count). The van der Waals surface area contributed by atoms with Crippen LogP contribution in [-0.4, -0.2) is 9.97 Å². The number of hydrogen-bond acceptors (Lipinski definition) is 2. The summed E-state index contributed by atoms with van der Waals surface area (Å²) in [5.41, 5.74) is 17.9. The summed E-state index contributed by atoms with van der Waals surface area (Å²) in [5, 5.41) is 2.55. The average molecular weight is 667 g/mol. The van der Waals surface area contributed by atoms with Crippen LogP contribution in [0.2, 0.25) is 0 Å². The van der Waals surface area contributed by atoms with Crippen molar-refractivity contribution in [3.05, 3.63) is 180 Å². The minimum absolute atomic E-state index is 0.0508. The molecule has 1 heterocycles. The highest BCUT2D eigenvalue weighted by Gasteiger charge is 2.38. The van der Waals surface area contributed by atoms with Gasteiger partial charge >= 0.3 is 0 Å². The van der Waals surface area contributed by atoms with E-state index < -0.39 is 0 Å². The molecule has 0 atom stereocenters. The Morgan fingerprint density at radius 2 is 0.942 bits per heavy atom. The molecule has 0 spiro atoms. The van der Waals surface area contributed by atoms with Crippen LogP contribution in [0.4, 0.5) is 0 Å². The van der Waals surface area contributed by atoms with Gasteiger partial charge in [-0.1, -0.05) is 161 Å². The lowest BCUT2D eigenvalue weighted by molar-refractivity contribution is 0.660. The number of nitrogens with zero attached hydrogens (tertiary/aromatic N) is 2. The van der Waals surface area contributed by atoms with Crippen molar-refractivity contribution >= 4 is 10.8 Å². The fraction of sp³-hybridized carbons (Fsp3) is 0.120. The van der Waals surface area contributed by atoms with Crippen LogP contribution in [0.1, 0.15) is 49.9 Å². The van der Waals surface area contributed by atoms with Gasteiger partial charge in [0.25, 0.3) is 0 Å². The standard InChI is InChI=1S/C50H38N2/c1-49(2)41-23-13-12-20-36(41)39-28-34(25-26-42(39)49)45-30-46(52-48(51-45)31-15-6-5-7-16-31)37-21-11-10-19-35(37)38-22-14-24-43-47(38)40-27-32-17-8-9-18-33(32)29-44(40)50(43,3)4/h5-30H,1-4H3. The highest BCUT2D eigenvalue weighted by molar-refractivity contribution is 6.00. The molecule has 0 N–H and O–H groups in total. The fourth-order valence-electron chi connectivity index (χ4n) is 8.97. The van der Waals surface area contributed by atoms with Crippen molar-refractivity contribution in [1.29, 1.82) is 0 Å². The van der Waals surface area contributed by atoms with E-state index in [-0.39, 0.29) is 10.8 Å². The van der Waals surface area contributed by atoms with E-state index in [1.807, 2.05) is 6.07 Å². The van der Waals surface area contributed by atoms with Crippen LogP contribution >= 0.6 is 0 Å². The second-order valence-corrected chi connectivity index (χ2v) is 15.4. The summed E-state index contributed by atoms with van der Waals surface area (Å²) >= 11 is 0. The minimum Gasteiger partial charge on any atom is -0.228 e. The summed E-state index contributed by atoms with van der Waals surface area (Å²) in [7, 11) is 0. The molecule has 0 fully saturated rings.